The third-order valence-electron chi connectivity index (χ3n) is 4.10. The summed E-state index contributed by atoms with van der Waals surface area (Å²) in [7, 11) is 2.79. The molecule has 8 nitrogen and oxygen atoms in total. The van der Waals surface area contributed by atoms with Gasteiger partial charge in [-0.1, -0.05) is 24.3 Å². The van der Waals surface area contributed by atoms with Gasteiger partial charge < -0.3 is 14.8 Å². The Balaban J connectivity index is 1.91. The average molecular weight is 368 g/mol. The Hall–Kier alpha value is -3.68. The molecule has 0 saturated carbocycles. The molecule has 1 fully saturated rings. The molecule has 0 radical (unpaired) electrons. The van der Waals surface area contributed by atoms with Crippen LogP contribution in [0.5, 0.6) is 11.5 Å². The fourth-order valence-electron chi connectivity index (χ4n) is 2.80. The van der Waals surface area contributed by atoms with E-state index in [9.17, 15) is 19.2 Å². The lowest BCUT2D eigenvalue weighted by Gasteiger charge is -2.17. The molecule has 0 unspecified atom stereocenters. The van der Waals surface area contributed by atoms with Crippen molar-refractivity contribution in [3.05, 3.63) is 48.5 Å². The van der Waals surface area contributed by atoms with Gasteiger partial charge in [-0.25, -0.2) is 4.90 Å². The number of amides is 3. The Bertz CT molecular complexity index is 939. The monoisotopic (exact) mass is 368 g/mol. The number of carbonyl (C=O) groups is 4. The lowest BCUT2D eigenvalue weighted by molar-refractivity contribution is -0.139. The third-order valence-corrected chi connectivity index (χ3v) is 4.10. The second kappa shape index (κ2) is 7.28. The summed E-state index contributed by atoms with van der Waals surface area (Å²) in [6.45, 7) is 0. The first-order valence-corrected chi connectivity index (χ1v) is 7.98. The number of imide groups is 1. The first-order chi connectivity index (χ1) is 13.0. The quantitative estimate of drug-likeness (QED) is 0.486. The maximum atomic E-state index is 12.7. The van der Waals surface area contributed by atoms with Gasteiger partial charge in [-0.2, -0.15) is 0 Å². The predicted molar refractivity (Wildman–Crippen MR) is 95.6 cm³/mol. The summed E-state index contributed by atoms with van der Waals surface area (Å²) in [5, 5.41) is 2.47. The van der Waals surface area contributed by atoms with Crippen LogP contribution in [-0.4, -0.2) is 37.7 Å². The van der Waals surface area contributed by atoms with Crippen LogP contribution in [0.2, 0.25) is 0 Å². The van der Waals surface area contributed by atoms with Gasteiger partial charge in [0.15, 0.2) is 5.92 Å². The van der Waals surface area contributed by atoms with Crippen molar-refractivity contribution in [1.29, 1.82) is 0 Å². The number of anilines is 2. The number of hydrogen-bond donors (Lipinski definition) is 1. The Morgan fingerprint density at radius 2 is 1.52 bits per heavy atom. The van der Waals surface area contributed by atoms with Crippen LogP contribution in [-0.2, 0) is 19.2 Å². The van der Waals surface area contributed by atoms with Crippen LogP contribution in [0.1, 0.15) is 0 Å². The van der Waals surface area contributed by atoms with Gasteiger partial charge in [-0.3, -0.25) is 19.2 Å². The SMILES string of the molecule is COc1ccccc1NC(=O)[C@@H]1C(=O)C(=O)N(c2ccccc2OC)C1=O. The van der Waals surface area contributed by atoms with Crippen molar-refractivity contribution in [2.45, 2.75) is 0 Å². The first kappa shape index (κ1) is 18.1. The van der Waals surface area contributed by atoms with E-state index in [1.54, 1.807) is 42.5 Å². The molecular weight excluding hydrogens is 352 g/mol. The largest absolute Gasteiger partial charge is 0.495 e. The number of ether oxygens (including phenoxy) is 2. The molecule has 27 heavy (non-hydrogen) atoms. The molecule has 0 aliphatic carbocycles. The van der Waals surface area contributed by atoms with Crippen molar-refractivity contribution in [3.8, 4) is 11.5 Å². The Morgan fingerprint density at radius 1 is 0.926 bits per heavy atom. The molecule has 2 aromatic carbocycles. The summed E-state index contributed by atoms with van der Waals surface area (Å²) in [5.74, 6) is -5.19. The number of hydrogen-bond acceptors (Lipinski definition) is 6. The van der Waals surface area contributed by atoms with Gasteiger partial charge in [-0.05, 0) is 24.3 Å². The number of para-hydroxylation sites is 4. The van der Waals surface area contributed by atoms with E-state index in [1.165, 1.54) is 20.3 Å². The van der Waals surface area contributed by atoms with Crippen LogP contribution >= 0.6 is 0 Å². The van der Waals surface area contributed by atoms with Crippen LogP contribution in [0.25, 0.3) is 0 Å². The molecule has 3 rings (SSSR count). The highest BCUT2D eigenvalue weighted by atomic mass is 16.5. The molecule has 0 bridgehead atoms. The van der Waals surface area contributed by atoms with E-state index in [-0.39, 0.29) is 17.1 Å². The summed E-state index contributed by atoms with van der Waals surface area (Å²) < 4.78 is 10.3. The first-order valence-electron chi connectivity index (χ1n) is 7.98. The Kier molecular flexibility index (Phi) is 4.89. The molecule has 0 spiro atoms. The van der Waals surface area contributed by atoms with Gasteiger partial charge in [0, 0.05) is 0 Å². The van der Waals surface area contributed by atoms with E-state index < -0.39 is 29.4 Å². The zero-order valence-corrected chi connectivity index (χ0v) is 14.6. The normalized spacial score (nSPS) is 16.4. The standard InChI is InChI=1S/C19H16N2O6/c1-26-13-9-5-3-7-11(13)20-17(23)15-16(22)19(25)21(18(15)24)12-8-4-6-10-14(12)27-2/h3-10,15H,1-2H3,(H,20,23)/t15-/m0/s1. The van der Waals surface area contributed by atoms with Crippen LogP contribution in [0.3, 0.4) is 0 Å². The van der Waals surface area contributed by atoms with Crippen LogP contribution in [0.4, 0.5) is 11.4 Å². The summed E-state index contributed by atoms with van der Waals surface area (Å²) in [5.41, 5.74) is 0.393. The van der Waals surface area contributed by atoms with E-state index >= 15 is 0 Å². The minimum absolute atomic E-state index is 0.107. The van der Waals surface area contributed by atoms with Gasteiger partial charge in [-0.15, -0.1) is 0 Å². The molecule has 1 saturated heterocycles. The summed E-state index contributed by atoms with van der Waals surface area (Å²) >= 11 is 0. The molecular formula is C19H16N2O6. The number of carbonyl (C=O) groups excluding carboxylic acids is 4. The smallest absolute Gasteiger partial charge is 0.302 e. The van der Waals surface area contributed by atoms with Crippen molar-refractivity contribution < 1.29 is 28.7 Å². The fourth-order valence-corrected chi connectivity index (χ4v) is 2.80. The second-order valence-electron chi connectivity index (χ2n) is 5.64. The molecule has 8 heteroatoms. The molecule has 1 N–H and O–H groups in total. The third kappa shape index (κ3) is 3.12. The predicted octanol–water partition coefficient (Wildman–Crippen LogP) is 1.40. The maximum absolute atomic E-state index is 12.7. The average Bonchev–Trinajstić information content (AvgIpc) is 2.90. The Morgan fingerprint density at radius 3 is 2.19 bits per heavy atom. The van der Waals surface area contributed by atoms with E-state index in [0.717, 1.165) is 0 Å². The molecule has 1 aliphatic rings. The van der Waals surface area contributed by atoms with Gasteiger partial charge in [0.25, 0.3) is 5.91 Å². The van der Waals surface area contributed by atoms with Crippen LogP contribution in [0, 0.1) is 5.92 Å². The zero-order chi connectivity index (χ0) is 19.6. The van der Waals surface area contributed by atoms with Gasteiger partial charge in [0.2, 0.25) is 11.7 Å². The lowest BCUT2D eigenvalue weighted by Crippen LogP contribution is -2.35. The molecule has 1 aliphatic heterocycles. The van der Waals surface area contributed by atoms with Crippen molar-refractivity contribution in [3.63, 3.8) is 0 Å². The number of nitrogens with zero attached hydrogens (tertiary/aromatic N) is 1. The highest BCUT2D eigenvalue weighted by Crippen LogP contribution is 2.33. The van der Waals surface area contributed by atoms with Crippen molar-refractivity contribution in [2.24, 2.45) is 5.92 Å². The van der Waals surface area contributed by atoms with Crippen molar-refractivity contribution >= 4 is 34.9 Å². The minimum Gasteiger partial charge on any atom is -0.495 e. The molecule has 1 heterocycles. The second-order valence-corrected chi connectivity index (χ2v) is 5.64. The number of Topliss-reactive ketones (excluding diaryl/α,β-unsaturated/α-hetero) is 1. The van der Waals surface area contributed by atoms with E-state index in [0.29, 0.717) is 10.6 Å². The Labute approximate surface area is 154 Å². The summed E-state index contributed by atoms with van der Waals surface area (Å²) in [6.07, 6.45) is 0. The number of rotatable bonds is 5. The van der Waals surface area contributed by atoms with Crippen LogP contribution in [0.15, 0.2) is 48.5 Å². The lowest BCUT2D eigenvalue weighted by atomic mass is 10.1. The number of ketones is 1. The number of nitrogens with one attached hydrogen (secondary N) is 1. The van der Waals surface area contributed by atoms with E-state index in [1.807, 2.05) is 0 Å². The number of methoxy groups -OCH3 is 2. The maximum Gasteiger partial charge on any atom is 0.302 e. The highest BCUT2D eigenvalue weighted by molar-refractivity contribution is 6.60. The number of benzene rings is 2. The summed E-state index contributed by atoms with van der Waals surface area (Å²) in [6, 6.07) is 12.8. The topological polar surface area (TPSA) is 102 Å². The molecule has 2 aromatic rings. The zero-order valence-electron chi connectivity index (χ0n) is 14.6. The minimum atomic E-state index is -1.77. The molecule has 3 amide bonds. The highest BCUT2D eigenvalue weighted by Gasteiger charge is 2.52. The van der Waals surface area contributed by atoms with Crippen molar-refractivity contribution in [1.82, 2.24) is 0 Å². The molecule has 0 aromatic heterocycles. The summed E-state index contributed by atoms with van der Waals surface area (Å²) in [4.78, 5) is 50.7. The van der Waals surface area contributed by atoms with Gasteiger partial charge in [0.1, 0.15) is 11.5 Å². The van der Waals surface area contributed by atoms with Crippen molar-refractivity contribution in [2.75, 3.05) is 24.4 Å². The van der Waals surface area contributed by atoms with Crippen LogP contribution < -0.4 is 19.7 Å². The fraction of sp³-hybridized carbons (Fsp3) is 0.158. The molecule has 138 valence electrons. The van der Waals surface area contributed by atoms with E-state index in [2.05, 4.69) is 5.32 Å². The van der Waals surface area contributed by atoms with E-state index in [4.69, 9.17) is 9.47 Å². The van der Waals surface area contributed by atoms with Gasteiger partial charge in [0.05, 0.1) is 25.6 Å². The van der Waals surface area contributed by atoms with Gasteiger partial charge >= 0.3 is 5.91 Å². The molecule has 1 atom stereocenters.